The van der Waals surface area contributed by atoms with Gasteiger partial charge in [0.15, 0.2) is 0 Å². The molecule has 2 unspecified atom stereocenters. The predicted molar refractivity (Wildman–Crippen MR) is 107 cm³/mol. The van der Waals surface area contributed by atoms with Crippen LogP contribution in [0.5, 0.6) is 5.75 Å². The van der Waals surface area contributed by atoms with E-state index in [4.69, 9.17) is 9.47 Å². The third-order valence-electron chi connectivity index (χ3n) is 4.67. The number of rotatable bonds is 5. The molecule has 2 aromatic rings. The van der Waals surface area contributed by atoms with Gasteiger partial charge >= 0.3 is 0 Å². The third kappa shape index (κ3) is 4.36. The van der Waals surface area contributed by atoms with Crippen molar-refractivity contribution >= 4 is 21.4 Å². The Bertz CT molecular complexity index is 897. The first kappa shape index (κ1) is 19.5. The maximum atomic E-state index is 12.8. The molecule has 0 spiro atoms. The summed E-state index contributed by atoms with van der Waals surface area (Å²) in [6.45, 7) is 7.51. The lowest BCUT2D eigenvalue weighted by Crippen LogP contribution is -2.47. The average molecular weight is 391 g/mol. The number of sulfonamides is 1. The molecule has 1 saturated heterocycles. The number of aryl methyl sites for hydroxylation is 1. The Labute approximate surface area is 161 Å². The Morgan fingerprint density at radius 1 is 1.15 bits per heavy atom. The van der Waals surface area contributed by atoms with E-state index in [0.717, 1.165) is 17.8 Å². The fraction of sp³-hybridized carbons (Fsp3) is 0.400. The van der Waals surface area contributed by atoms with E-state index in [1.807, 2.05) is 25.1 Å². The molecular formula is C20H26N2O4S. The van der Waals surface area contributed by atoms with Crippen LogP contribution in [0, 0.1) is 6.92 Å². The Morgan fingerprint density at radius 3 is 2.52 bits per heavy atom. The van der Waals surface area contributed by atoms with Crippen molar-refractivity contribution < 1.29 is 17.9 Å². The summed E-state index contributed by atoms with van der Waals surface area (Å²) in [5.41, 5.74) is 2.41. The largest absolute Gasteiger partial charge is 0.495 e. The summed E-state index contributed by atoms with van der Waals surface area (Å²) < 4.78 is 39.1. The zero-order chi connectivity index (χ0) is 19.6. The number of hydrogen-bond donors (Lipinski definition) is 1. The highest BCUT2D eigenvalue weighted by atomic mass is 32.2. The van der Waals surface area contributed by atoms with Crippen LogP contribution in [0.2, 0.25) is 0 Å². The minimum atomic E-state index is -3.74. The smallest absolute Gasteiger partial charge is 0.265 e. The molecule has 27 heavy (non-hydrogen) atoms. The second kappa shape index (κ2) is 7.78. The van der Waals surface area contributed by atoms with E-state index in [9.17, 15) is 8.42 Å². The molecule has 1 aliphatic heterocycles. The maximum absolute atomic E-state index is 12.8. The number of nitrogens with zero attached hydrogens (tertiary/aromatic N) is 1. The van der Waals surface area contributed by atoms with E-state index in [1.54, 1.807) is 24.3 Å². The van der Waals surface area contributed by atoms with Gasteiger partial charge < -0.3 is 14.4 Å². The fourth-order valence-electron chi connectivity index (χ4n) is 3.19. The third-order valence-corrected chi connectivity index (χ3v) is 6.07. The molecule has 0 aromatic heterocycles. The van der Waals surface area contributed by atoms with Gasteiger partial charge in [-0.1, -0.05) is 6.07 Å². The molecule has 146 valence electrons. The first-order chi connectivity index (χ1) is 12.8. The van der Waals surface area contributed by atoms with Gasteiger partial charge in [0.1, 0.15) is 10.6 Å². The van der Waals surface area contributed by atoms with Crippen molar-refractivity contribution in [3.05, 3.63) is 48.0 Å². The van der Waals surface area contributed by atoms with Crippen LogP contribution in [0.15, 0.2) is 47.4 Å². The number of anilines is 2. The quantitative estimate of drug-likeness (QED) is 0.847. The monoisotopic (exact) mass is 390 g/mol. The van der Waals surface area contributed by atoms with Crippen LogP contribution >= 0.6 is 0 Å². The van der Waals surface area contributed by atoms with Gasteiger partial charge in [0, 0.05) is 24.0 Å². The van der Waals surface area contributed by atoms with E-state index in [-0.39, 0.29) is 17.0 Å². The van der Waals surface area contributed by atoms with Gasteiger partial charge in [-0.3, -0.25) is 4.72 Å². The molecule has 1 fully saturated rings. The van der Waals surface area contributed by atoms with Crippen LogP contribution in [0.1, 0.15) is 19.4 Å². The van der Waals surface area contributed by atoms with Gasteiger partial charge in [0.05, 0.1) is 19.8 Å². The fourth-order valence-corrected chi connectivity index (χ4v) is 4.50. The zero-order valence-electron chi connectivity index (χ0n) is 16.1. The first-order valence-corrected chi connectivity index (χ1v) is 10.4. The summed E-state index contributed by atoms with van der Waals surface area (Å²) in [4.78, 5) is 2.40. The lowest BCUT2D eigenvalue weighted by atomic mass is 10.1. The molecule has 0 amide bonds. The number of hydrogen-bond acceptors (Lipinski definition) is 5. The lowest BCUT2D eigenvalue weighted by molar-refractivity contribution is 0.0344. The van der Waals surface area contributed by atoms with Crippen LogP contribution in [0.25, 0.3) is 0 Å². The van der Waals surface area contributed by atoms with Crippen molar-refractivity contribution in [2.45, 2.75) is 37.8 Å². The van der Waals surface area contributed by atoms with Crippen LogP contribution < -0.4 is 14.4 Å². The molecular weight excluding hydrogens is 364 g/mol. The van der Waals surface area contributed by atoms with Gasteiger partial charge in [-0.2, -0.15) is 0 Å². The molecule has 1 heterocycles. The molecule has 2 atom stereocenters. The minimum Gasteiger partial charge on any atom is -0.495 e. The van der Waals surface area contributed by atoms with Gasteiger partial charge in [0.2, 0.25) is 0 Å². The molecule has 0 aliphatic carbocycles. The molecule has 6 nitrogen and oxygen atoms in total. The van der Waals surface area contributed by atoms with E-state index >= 15 is 0 Å². The van der Waals surface area contributed by atoms with Crippen molar-refractivity contribution in [2.75, 3.05) is 29.9 Å². The first-order valence-electron chi connectivity index (χ1n) is 8.96. The van der Waals surface area contributed by atoms with Crippen LogP contribution in [-0.4, -0.2) is 40.8 Å². The Hall–Kier alpha value is -2.25. The SMILES string of the molecule is COc1ccc(C)cc1S(=O)(=O)Nc1ccc(N2CC(C)OCC2C)cc1. The highest BCUT2D eigenvalue weighted by molar-refractivity contribution is 7.92. The van der Waals surface area contributed by atoms with Crippen LogP contribution in [-0.2, 0) is 14.8 Å². The standard InChI is InChI=1S/C20H26N2O4S/c1-14-5-10-19(25-4)20(11-14)27(23,24)21-17-6-8-18(9-7-17)22-12-16(3)26-13-15(22)2/h5-11,15-16,21H,12-13H2,1-4H3. The molecule has 1 aliphatic rings. The summed E-state index contributed by atoms with van der Waals surface area (Å²) in [6.07, 6.45) is 0.174. The summed E-state index contributed by atoms with van der Waals surface area (Å²) >= 11 is 0. The van der Waals surface area contributed by atoms with E-state index in [1.165, 1.54) is 7.11 Å². The van der Waals surface area contributed by atoms with E-state index in [0.29, 0.717) is 18.0 Å². The number of nitrogens with one attached hydrogen (secondary N) is 1. The normalized spacial score (nSPS) is 20.4. The summed E-state index contributed by atoms with van der Waals surface area (Å²) in [6, 6.07) is 12.8. The predicted octanol–water partition coefficient (Wildman–Crippen LogP) is 3.42. The number of benzene rings is 2. The Morgan fingerprint density at radius 2 is 1.85 bits per heavy atom. The maximum Gasteiger partial charge on any atom is 0.265 e. The van der Waals surface area contributed by atoms with E-state index < -0.39 is 10.0 Å². The summed E-state index contributed by atoms with van der Waals surface area (Å²) in [5.74, 6) is 0.320. The molecule has 3 rings (SSSR count). The van der Waals surface area contributed by atoms with Crippen molar-refractivity contribution in [1.29, 1.82) is 0 Å². The summed E-state index contributed by atoms with van der Waals surface area (Å²) in [5, 5.41) is 0. The van der Waals surface area contributed by atoms with Gasteiger partial charge in [-0.05, 0) is 62.7 Å². The highest BCUT2D eigenvalue weighted by Gasteiger charge is 2.24. The van der Waals surface area contributed by atoms with Gasteiger partial charge in [-0.15, -0.1) is 0 Å². The second-order valence-corrected chi connectivity index (χ2v) is 8.60. The van der Waals surface area contributed by atoms with Crippen molar-refractivity contribution in [2.24, 2.45) is 0 Å². The van der Waals surface area contributed by atoms with Gasteiger partial charge in [-0.25, -0.2) is 8.42 Å². The molecule has 2 aromatic carbocycles. The molecule has 0 saturated carbocycles. The second-order valence-electron chi connectivity index (χ2n) is 6.95. The number of morpholine rings is 1. The Kier molecular flexibility index (Phi) is 5.62. The zero-order valence-corrected chi connectivity index (χ0v) is 16.9. The number of ether oxygens (including phenoxy) is 2. The average Bonchev–Trinajstić information content (AvgIpc) is 2.64. The lowest BCUT2D eigenvalue weighted by Gasteiger charge is -2.38. The molecule has 0 bridgehead atoms. The minimum absolute atomic E-state index is 0.129. The summed E-state index contributed by atoms with van der Waals surface area (Å²) in [7, 11) is -2.28. The molecule has 7 heteroatoms. The van der Waals surface area contributed by atoms with E-state index in [2.05, 4.69) is 23.5 Å². The highest BCUT2D eigenvalue weighted by Crippen LogP contribution is 2.28. The Balaban J connectivity index is 1.81. The topological polar surface area (TPSA) is 67.9 Å². The molecule has 1 N–H and O–H groups in total. The van der Waals surface area contributed by atoms with Gasteiger partial charge in [0.25, 0.3) is 10.0 Å². The molecule has 0 radical (unpaired) electrons. The van der Waals surface area contributed by atoms with Crippen molar-refractivity contribution in [3.8, 4) is 5.75 Å². The van der Waals surface area contributed by atoms with Crippen molar-refractivity contribution in [3.63, 3.8) is 0 Å². The number of methoxy groups -OCH3 is 1. The van der Waals surface area contributed by atoms with Crippen LogP contribution in [0.3, 0.4) is 0 Å². The van der Waals surface area contributed by atoms with Crippen LogP contribution in [0.4, 0.5) is 11.4 Å². The van der Waals surface area contributed by atoms with Crippen molar-refractivity contribution in [1.82, 2.24) is 0 Å².